The molecule has 0 bridgehead atoms. The molecule has 1 fully saturated rings. The first-order valence-corrected chi connectivity index (χ1v) is 11.4. The molecule has 174 valence electrons. The lowest BCUT2D eigenvalue weighted by Crippen LogP contribution is -2.46. The van der Waals surface area contributed by atoms with Crippen LogP contribution in [-0.2, 0) is 13.1 Å². The Bertz CT molecular complexity index is 1330. The second-order valence-electron chi connectivity index (χ2n) is 7.83. The Hall–Kier alpha value is -2.88. The van der Waals surface area contributed by atoms with Gasteiger partial charge in [0, 0.05) is 46.3 Å². The third-order valence-electron chi connectivity index (χ3n) is 5.82. The number of amides is 1. The molecule has 0 unspecified atom stereocenters. The van der Waals surface area contributed by atoms with Crippen LogP contribution in [0.1, 0.15) is 23.0 Å². The van der Waals surface area contributed by atoms with Gasteiger partial charge in [-0.15, -0.1) is 0 Å². The van der Waals surface area contributed by atoms with Crippen molar-refractivity contribution in [2.45, 2.75) is 20.0 Å². The third-order valence-corrected chi connectivity index (χ3v) is 6.40. The van der Waals surface area contributed by atoms with Crippen molar-refractivity contribution < 1.29 is 4.79 Å². The molecular formula is C22H24Cl2N6O3. The van der Waals surface area contributed by atoms with Crippen molar-refractivity contribution in [2.24, 2.45) is 0 Å². The van der Waals surface area contributed by atoms with Crippen LogP contribution < -0.4 is 21.5 Å². The molecule has 0 radical (unpaired) electrons. The van der Waals surface area contributed by atoms with Gasteiger partial charge in [-0.25, -0.2) is 9.78 Å². The maximum absolute atomic E-state index is 12.6. The number of nitrogens with one attached hydrogen (secondary N) is 2. The summed E-state index contributed by atoms with van der Waals surface area (Å²) in [5.74, 6) is -0.280. The van der Waals surface area contributed by atoms with Crippen LogP contribution in [0.4, 0.5) is 5.69 Å². The molecule has 1 aliphatic heterocycles. The molecule has 2 aromatic heterocycles. The molecule has 3 aromatic rings. The number of fused-ring (bicyclic) bond motifs is 1. The van der Waals surface area contributed by atoms with Gasteiger partial charge in [-0.3, -0.25) is 19.1 Å². The number of piperazine rings is 1. The summed E-state index contributed by atoms with van der Waals surface area (Å²) in [4.78, 5) is 47.9. The second-order valence-corrected chi connectivity index (χ2v) is 8.59. The molecular weight excluding hydrogens is 467 g/mol. The Morgan fingerprint density at radius 2 is 1.88 bits per heavy atom. The van der Waals surface area contributed by atoms with Crippen molar-refractivity contribution in [3.05, 3.63) is 66.5 Å². The number of hydrogen-bond acceptors (Lipinski definition) is 6. The van der Waals surface area contributed by atoms with Gasteiger partial charge in [0.1, 0.15) is 5.69 Å². The van der Waals surface area contributed by atoms with Crippen molar-refractivity contribution >= 4 is 45.7 Å². The van der Waals surface area contributed by atoms with E-state index in [4.69, 9.17) is 23.2 Å². The summed E-state index contributed by atoms with van der Waals surface area (Å²) < 4.78 is 1.13. The summed E-state index contributed by atoms with van der Waals surface area (Å²) in [7, 11) is 1.55. The fraction of sp³-hybridized carbons (Fsp3) is 0.364. The van der Waals surface area contributed by atoms with E-state index in [2.05, 4.69) is 25.1 Å². The zero-order valence-electron chi connectivity index (χ0n) is 18.3. The summed E-state index contributed by atoms with van der Waals surface area (Å²) >= 11 is 12.8. The fourth-order valence-electron chi connectivity index (χ4n) is 4.09. The van der Waals surface area contributed by atoms with Gasteiger partial charge < -0.3 is 15.2 Å². The fourth-order valence-corrected chi connectivity index (χ4v) is 4.69. The summed E-state index contributed by atoms with van der Waals surface area (Å²) in [5, 5.41) is 3.49. The first kappa shape index (κ1) is 23.3. The van der Waals surface area contributed by atoms with Crippen LogP contribution in [0.5, 0.6) is 0 Å². The van der Waals surface area contributed by atoms with Gasteiger partial charge in [0.05, 0.1) is 21.6 Å². The lowest BCUT2D eigenvalue weighted by molar-refractivity contribution is 0.0958. The molecule has 4 rings (SSSR count). The summed E-state index contributed by atoms with van der Waals surface area (Å²) in [6.07, 6.45) is 0. The summed E-state index contributed by atoms with van der Waals surface area (Å²) in [6.45, 7) is 5.67. The number of rotatable bonds is 5. The van der Waals surface area contributed by atoms with Crippen molar-refractivity contribution in [1.29, 1.82) is 0 Å². The Balaban J connectivity index is 1.48. The monoisotopic (exact) mass is 490 g/mol. The van der Waals surface area contributed by atoms with Gasteiger partial charge in [-0.2, -0.15) is 0 Å². The van der Waals surface area contributed by atoms with Crippen molar-refractivity contribution in [3.63, 3.8) is 0 Å². The van der Waals surface area contributed by atoms with Gasteiger partial charge >= 0.3 is 5.69 Å². The summed E-state index contributed by atoms with van der Waals surface area (Å²) in [6, 6.07) is 7.08. The van der Waals surface area contributed by atoms with Crippen LogP contribution in [-0.4, -0.2) is 58.6 Å². The van der Waals surface area contributed by atoms with Crippen LogP contribution in [0.2, 0.25) is 10.2 Å². The molecule has 9 nitrogen and oxygen atoms in total. The zero-order valence-corrected chi connectivity index (χ0v) is 19.8. The Labute approximate surface area is 199 Å². The highest BCUT2D eigenvalue weighted by Crippen LogP contribution is 2.26. The average molecular weight is 491 g/mol. The molecule has 1 aromatic carbocycles. The molecule has 0 aliphatic carbocycles. The van der Waals surface area contributed by atoms with Gasteiger partial charge in [-0.05, 0) is 36.8 Å². The zero-order chi connectivity index (χ0) is 23.7. The molecule has 0 spiro atoms. The molecule has 11 heteroatoms. The van der Waals surface area contributed by atoms with E-state index < -0.39 is 5.69 Å². The Morgan fingerprint density at radius 1 is 1.15 bits per heavy atom. The number of carbonyl (C=O) groups is 1. The molecule has 33 heavy (non-hydrogen) atoms. The predicted octanol–water partition coefficient (Wildman–Crippen LogP) is 2.09. The van der Waals surface area contributed by atoms with Gasteiger partial charge in [-0.1, -0.05) is 23.2 Å². The highest BCUT2D eigenvalue weighted by molar-refractivity contribution is 6.35. The topological polar surface area (TPSA) is 103 Å². The van der Waals surface area contributed by atoms with Crippen LogP contribution in [0, 0.1) is 0 Å². The number of benzene rings is 1. The molecule has 1 saturated heterocycles. The van der Waals surface area contributed by atoms with Crippen LogP contribution in [0.25, 0.3) is 10.9 Å². The van der Waals surface area contributed by atoms with E-state index in [1.807, 2.05) is 12.1 Å². The molecule has 3 heterocycles. The van der Waals surface area contributed by atoms with Gasteiger partial charge in [0.15, 0.2) is 5.15 Å². The number of aromatic nitrogens is 3. The number of halogens is 2. The number of nitrogens with zero attached hydrogens (tertiary/aromatic N) is 4. The first-order valence-electron chi connectivity index (χ1n) is 10.6. The predicted molar refractivity (Wildman–Crippen MR) is 130 cm³/mol. The maximum atomic E-state index is 12.6. The molecule has 0 saturated carbocycles. The van der Waals surface area contributed by atoms with Gasteiger partial charge in [0.25, 0.3) is 11.5 Å². The SMILES string of the molecule is CCn1c(=O)[nH]c2cc(CN3CCN(c4ccc(C(=O)NC)nc4Cl)CC3)cc(Cl)c2c1=O. The van der Waals surface area contributed by atoms with E-state index in [-0.39, 0.29) is 23.7 Å². The number of anilines is 1. The standard InChI is InChI=1S/C22H24Cl2N6O3/c1-3-30-21(32)18-14(23)10-13(11-16(18)27-22(30)33)12-28-6-8-29(9-7-28)17-5-4-15(20(31)25-2)26-19(17)24/h4-5,10-11H,3,6-9,12H2,1-2H3,(H,25,31)(H,27,33). The third kappa shape index (κ3) is 4.62. The van der Waals surface area contributed by atoms with Gasteiger partial charge in [0.2, 0.25) is 0 Å². The average Bonchev–Trinajstić information content (AvgIpc) is 2.79. The smallest absolute Gasteiger partial charge is 0.328 e. The first-order chi connectivity index (χ1) is 15.8. The van der Waals surface area contributed by atoms with Crippen LogP contribution >= 0.6 is 23.2 Å². The maximum Gasteiger partial charge on any atom is 0.328 e. The van der Waals surface area contributed by atoms with E-state index in [1.165, 1.54) is 0 Å². The number of carbonyl (C=O) groups excluding carboxylic acids is 1. The van der Waals surface area contributed by atoms with Crippen molar-refractivity contribution in [3.8, 4) is 0 Å². The lowest BCUT2D eigenvalue weighted by atomic mass is 10.1. The Kier molecular flexibility index (Phi) is 6.73. The van der Waals surface area contributed by atoms with Crippen LogP contribution in [0.15, 0.2) is 33.9 Å². The number of aromatic amines is 1. The van der Waals surface area contributed by atoms with E-state index in [1.54, 1.807) is 26.1 Å². The van der Waals surface area contributed by atoms with E-state index in [0.29, 0.717) is 27.6 Å². The van der Waals surface area contributed by atoms with E-state index >= 15 is 0 Å². The Morgan fingerprint density at radius 3 is 2.52 bits per heavy atom. The number of pyridine rings is 1. The minimum absolute atomic E-state index is 0.278. The second kappa shape index (κ2) is 9.54. The van der Waals surface area contributed by atoms with E-state index in [0.717, 1.165) is 42.0 Å². The molecule has 0 atom stereocenters. The quantitative estimate of drug-likeness (QED) is 0.530. The highest BCUT2D eigenvalue weighted by atomic mass is 35.5. The molecule has 1 amide bonds. The normalized spacial score (nSPS) is 14.6. The minimum atomic E-state index is -0.440. The van der Waals surface area contributed by atoms with E-state index in [9.17, 15) is 14.4 Å². The lowest BCUT2D eigenvalue weighted by Gasteiger charge is -2.36. The molecule has 1 aliphatic rings. The summed E-state index contributed by atoms with van der Waals surface area (Å²) in [5.41, 5.74) is 1.62. The highest BCUT2D eigenvalue weighted by Gasteiger charge is 2.21. The van der Waals surface area contributed by atoms with Crippen molar-refractivity contribution in [1.82, 2.24) is 24.8 Å². The number of H-pyrrole nitrogens is 1. The minimum Gasteiger partial charge on any atom is -0.366 e. The number of hydrogen-bond donors (Lipinski definition) is 2. The van der Waals surface area contributed by atoms with Crippen molar-refractivity contribution in [2.75, 3.05) is 38.1 Å². The van der Waals surface area contributed by atoms with Crippen LogP contribution in [0.3, 0.4) is 0 Å². The largest absolute Gasteiger partial charge is 0.366 e. The molecule has 2 N–H and O–H groups in total.